The Kier molecular flexibility index (Phi) is 2.31. The highest BCUT2D eigenvalue weighted by atomic mass is 15.3. The zero-order valence-electron chi connectivity index (χ0n) is 10.9. The lowest BCUT2D eigenvalue weighted by Gasteiger charge is -2.55. The van der Waals surface area contributed by atoms with Gasteiger partial charge in [0.05, 0.1) is 6.54 Å². The van der Waals surface area contributed by atoms with E-state index in [2.05, 4.69) is 4.98 Å². The predicted molar refractivity (Wildman–Crippen MR) is 68.9 cm³/mol. The Morgan fingerprint density at radius 3 is 2.33 bits per heavy atom. The van der Waals surface area contributed by atoms with Crippen molar-refractivity contribution in [1.82, 2.24) is 14.8 Å². The van der Waals surface area contributed by atoms with Crippen molar-refractivity contribution in [1.29, 1.82) is 0 Å². The highest BCUT2D eigenvalue weighted by Gasteiger charge is 2.53. The lowest BCUT2D eigenvalue weighted by atomic mass is 9.49. The molecule has 4 aliphatic rings. The van der Waals surface area contributed by atoms with Gasteiger partial charge in [-0.3, -0.25) is 4.68 Å². The van der Waals surface area contributed by atoms with Gasteiger partial charge < -0.3 is 5.73 Å². The van der Waals surface area contributed by atoms with Crippen LogP contribution in [0.25, 0.3) is 0 Å². The van der Waals surface area contributed by atoms with Gasteiger partial charge in [0.25, 0.3) is 0 Å². The van der Waals surface area contributed by atoms with Gasteiger partial charge in [0.2, 0.25) is 0 Å². The largest absolute Gasteiger partial charge is 0.329 e. The standard InChI is InChI=1S/C14H22N4/c15-1-2-18-9-16-13(17-18)14-6-10-3-11(7-14)5-12(4-10)8-14/h9-12H,1-8,15H2. The minimum absolute atomic E-state index is 0.328. The van der Waals surface area contributed by atoms with E-state index in [-0.39, 0.29) is 0 Å². The molecular weight excluding hydrogens is 224 g/mol. The average molecular weight is 246 g/mol. The lowest BCUT2D eigenvalue weighted by Crippen LogP contribution is -2.49. The molecule has 0 amide bonds. The number of nitrogens with two attached hydrogens (primary N) is 1. The van der Waals surface area contributed by atoms with Crippen LogP contribution in [0.5, 0.6) is 0 Å². The average Bonchev–Trinajstić information content (AvgIpc) is 2.77. The van der Waals surface area contributed by atoms with Gasteiger partial charge in [0, 0.05) is 12.0 Å². The first-order valence-electron chi connectivity index (χ1n) is 7.37. The van der Waals surface area contributed by atoms with Crippen molar-refractivity contribution in [3.05, 3.63) is 12.2 Å². The third-order valence-electron chi connectivity index (χ3n) is 5.41. The molecule has 4 saturated carbocycles. The molecule has 0 aliphatic heterocycles. The molecule has 4 nitrogen and oxygen atoms in total. The SMILES string of the molecule is NCCn1cnc(C23CC4CC(CC(C4)C2)C3)n1. The van der Waals surface area contributed by atoms with Crippen molar-refractivity contribution < 1.29 is 0 Å². The molecule has 0 saturated heterocycles. The van der Waals surface area contributed by atoms with Gasteiger partial charge in [-0.2, -0.15) is 5.10 Å². The van der Waals surface area contributed by atoms with Crippen molar-refractivity contribution in [3.8, 4) is 0 Å². The highest BCUT2D eigenvalue weighted by molar-refractivity contribution is 5.16. The van der Waals surface area contributed by atoms with E-state index in [1.165, 1.54) is 38.5 Å². The number of rotatable bonds is 3. The molecule has 1 aromatic heterocycles. The molecule has 1 heterocycles. The van der Waals surface area contributed by atoms with Crippen LogP contribution in [-0.4, -0.2) is 21.3 Å². The topological polar surface area (TPSA) is 56.7 Å². The molecule has 2 N–H and O–H groups in total. The van der Waals surface area contributed by atoms with Crippen molar-refractivity contribution in [2.75, 3.05) is 6.54 Å². The molecule has 0 aromatic carbocycles. The number of hydrogen-bond donors (Lipinski definition) is 1. The third kappa shape index (κ3) is 1.54. The third-order valence-corrected chi connectivity index (χ3v) is 5.41. The maximum Gasteiger partial charge on any atom is 0.156 e. The molecule has 1 aromatic rings. The van der Waals surface area contributed by atoms with Crippen molar-refractivity contribution in [3.63, 3.8) is 0 Å². The van der Waals surface area contributed by atoms with E-state index in [1.807, 2.05) is 11.0 Å². The van der Waals surface area contributed by atoms with Crippen molar-refractivity contribution in [2.45, 2.75) is 50.5 Å². The second-order valence-electron chi connectivity index (χ2n) is 6.82. The monoisotopic (exact) mass is 246 g/mol. The van der Waals surface area contributed by atoms with E-state index >= 15 is 0 Å². The summed E-state index contributed by atoms with van der Waals surface area (Å²) in [6, 6.07) is 0. The Morgan fingerprint density at radius 1 is 1.17 bits per heavy atom. The van der Waals surface area contributed by atoms with Gasteiger partial charge in [-0.05, 0) is 56.3 Å². The summed E-state index contributed by atoms with van der Waals surface area (Å²) in [6.45, 7) is 1.43. The molecule has 0 radical (unpaired) electrons. The van der Waals surface area contributed by atoms with Gasteiger partial charge in [-0.25, -0.2) is 4.98 Å². The van der Waals surface area contributed by atoms with E-state index in [9.17, 15) is 0 Å². The van der Waals surface area contributed by atoms with E-state index in [1.54, 1.807) is 0 Å². The Balaban J connectivity index is 1.66. The maximum atomic E-state index is 5.59. The number of nitrogens with zero attached hydrogens (tertiary/aromatic N) is 3. The molecule has 18 heavy (non-hydrogen) atoms. The van der Waals surface area contributed by atoms with Crippen LogP contribution in [0.4, 0.5) is 0 Å². The predicted octanol–water partition coefficient (Wildman–Crippen LogP) is 1.70. The number of hydrogen-bond acceptors (Lipinski definition) is 3. The summed E-state index contributed by atoms with van der Waals surface area (Å²) in [5.74, 6) is 3.99. The molecular formula is C14H22N4. The van der Waals surface area contributed by atoms with Crippen LogP contribution in [0.15, 0.2) is 6.33 Å². The summed E-state index contributed by atoms with van der Waals surface area (Å²) in [4.78, 5) is 4.62. The molecule has 4 bridgehead atoms. The van der Waals surface area contributed by atoms with Crippen molar-refractivity contribution >= 4 is 0 Å². The lowest BCUT2D eigenvalue weighted by molar-refractivity contribution is -0.00944. The molecule has 4 heteroatoms. The molecule has 0 spiro atoms. The minimum Gasteiger partial charge on any atom is -0.329 e. The first-order chi connectivity index (χ1) is 8.77. The fourth-order valence-corrected chi connectivity index (χ4v) is 5.16. The normalized spacial score (nSPS) is 41.5. The summed E-state index contributed by atoms with van der Waals surface area (Å²) in [6.07, 6.45) is 10.3. The van der Waals surface area contributed by atoms with E-state index < -0.39 is 0 Å². The van der Waals surface area contributed by atoms with Crippen LogP contribution in [-0.2, 0) is 12.0 Å². The first-order valence-corrected chi connectivity index (χ1v) is 7.37. The fourth-order valence-electron chi connectivity index (χ4n) is 5.16. The Morgan fingerprint density at radius 2 is 1.78 bits per heavy atom. The molecule has 0 atom stereocenters. The molecule has 98 valence electrons. The van der Waals surface area contributed by atoms with E-state index in [0.717, 1.165) is 30.1 Å². The summed E-state index contributed by atoms with van der Waals surface area (Å²) in [7, 11) is 0. The fraction of sp³-hybridized carbons (Fsp3) is 0.857. The second kappa shape index (κ2) is 3.80. The van der Waals surface area contributed by atoms with E-state index in [0.29, 0.717) is 12.0 Å². The molecule has 4 aliphatic carbocycles. The Labute approximate surface area is 108 Å². The van der Waals surface area contributed by atoms with Gasteiger partial charge in [0.1, 0.15) is 6.33 Å². The zero-order valence-corrected chi connectivity index (χ0v) is 10.9. The highest BCUT2D eigenvalue weighted by Crippen LogP contribution is 2.60. The quantitative estimate of drug-likeness (QED) is 0.883. The van der Waals surface area contributed by atoms with Crippen LogP contribution in [0.1, 0.15) is 44.3 Å². The Hall–Kier alpha value is -0.900. The van der Waals surface area contributed by atoms with Crippen LogP contribution < -0.4 is 5.73 Å². The Bertz CT molecular complexity index is 415. The molecule has 5 rings (SSSR count). The first kappa shape index (κ1) is 11.0. The summed E-state index contributed by atoms with van der Waals surface area (Å²) in [5.41, 5.74) is 5.92. The van der Waals surface area contributed by atoms with Gasteiger partial charge in [-0.1, -0.05) is 0 Å². The van der Waals surface area contributed by atoms with Crippen molar-refractivity contribution in [2.24, 2.45) is 23.5 Å². The van der Waals surface area contributed by atoms with Crippen LogP contribution >= 0.6 is 0 Å². The summed E-state index contributed by atoms with van der Waals surface area (Å²) < 4.78 is 1.92. The van der Waals surface area contributed by atoms with E-state index in [4.69, 9.17) is 10.8 Å². The molecule has 4 fully saturated rings. The smallest absolute Gasteiger partial charge is 0.156 e. The summed E-state index contributed by atoms with van der Waals surface area (Å²) >= 11 is 0. The van der Waals surface area contributed by atoms with Crippen LogP contribution in [0, 0.1) is 17.8 Å². The van der Waals surface area contributed by atoms with Gasteiger partial charge in [0.15, 0.2) is 5.82 Å². The molecule has 0 unspecified atom stereocenters. The maximum absolute atomic E-state index is 5.59. The summed E-state index contributed by atoms with van der Waals surface area (Å²) in [5, 5.41) is 4.72. The van der Waals surface area contributed by atoms with Crippen LogP contribution in [0.2, 0.25) is 0 Å². The van der Waals surface area contributed by atoms with Gasteiger partial charge in [-0.15, -0.1) is 0 Å². The van der Waals surface area contributed by atoms with Gasteiger partial charge >= 0.3 is 0 Å². The minimum atomic E-state index is 0.328. The zero-order chi connectivity index (χ0) is 12.2. The number of aromatic nitrogens is 3. The van der Waals surface area contributed by atoms with Crippen LogP contribution in [0.3, 0.4) is 0 Å². The second-order valence-corrected chi connectivity index (χ2v) is 6.82.